The first kappa shape index (κ1) is 13.5. The molecule has 1 aromatic carbocycles. The van der Waals surface area contributed by atoms with Crippen LogP contribution in [0.1, 0.15) is 0 Å². The summed E-state index contributed by atoms with van der Waals surface area (Å²) in [5.74, 6) is 0.911. The molecule has 9 heteroatoms. The average Bonchev–Trinajstić information content (AvgIpc) is 3.22. The van der Waals surface area contributed by atoms with E-state index in [1.807, 2.05) is 29.6 Å². The molecule has 0 N–H and O–H groups in total. The van der Waals surface area contributed by atoms with Gasteiger partial charge in [-0.25, -0.2) is 19.9 Å². The highest BCUT2D eigenvalue weighted by Gasteiger charge is 2.18. The van der Waals surface area contributed by atoms with Gasteiger partial charge in [-0.3, -0.25) is 14.7 Å². The fourth-order valence-corrected chi connectivity index (χ4v) is 2.78. The van der Waals surface area contributed by atoms with Gasteiger partial charge in [0.25, 0.3) is 0 Å². The minimum absolute atomic E-state index is 0.159. The van der Waals surface area contributed by atoms with Gasteiger partial charge in [-0.2, -0.15) is 0 Å². The molecule has 23 heavy (non-hydrogen) atoms. The van der Waals surface area contributed by atoms with Crippen molar-refractivity contribution in [3.05, 3.63) is 57.7 Å². The van der Waals surface area contributed by atoms with Crippen LogP contribution in [0, 0.1) is 10.1 Å². The van der Waals surface area contributed by atoms with Crippen molar-refractivity contribution in [2.45, 2.75) is 0 Å². The topological polar surface area (TPSA) is 99.6 Å². The fourth-order valence-electron chi connectivity index (χ4n) is 2.25. The molecule has 0 atom stereocenters. The lowest BCUT2D eigenvalue weighted by molar-refractivity contribution is -0.385. The summed E-state index contributed by atoms with van der Waals surface area (Å²) in [4.78, 5) is 27.3. The SMILES string of the molecule is O=[N+]([O-])c1cnc(-n2c(-c3cscn3)nc3ccccc32)nc1. The third kappa shape index (κ3) is 2.23. The highest BCUT2D eigenvalue weighted by Crippen LogP contribution is 2.27. The highest BCUT2D eigenvalue weighted by molar-refractivity contribution is 7.07. The maximum absolute atomic E-state index is 10.8. The number of imidazole rings is 1. The van der Waals surface area contributed by atoms with Crippen LogP contribution in [0.3, 0.4) is 0 Å². The van der Waals surface area contributed by atoms with Crippen molar-refractivity contribution in [2.75, 3.05) is 0 Å². The molecule has 3 heterocycles. The number of para-hydroxylation sites is 2. The summed E-state index contributed by atoms with van der Waals surface area (Å²) in [7, 11) is 0. The highest BCUT2D eigenvalue weighted by atomic mass is 32.1. The molecule has 0 fully saturated rings. The Labute approximate surface area is 133 Å². The second kappa shape index (κ2) is 5.21. The van der Waals surface area contributed by atoms with E-state index in [-0.39, 0.29) is 5.69 Å². The number of nitro groups is 1. The maximum atomic E-state index is 10.8. The van der Waals surface area contributed by atoms with Gasteiger partial charge < -0.3 is 0 Å². The quantitative estimate of drug-likeness (QED) is 0.424. The van der Waals surface area contributed by atoms with E-state index in [0.29, 0.717) is 17.5 Å². The molecule has 0 bridgehead atoms. The number of aromatic nitrogens is 5. The van der Waals surface area contributed by atoms with Crippen molar-refractivity contribution in [3.8, 4) is 17.5 Å². The number of nitrogens with zero attached hydrogens (tertiary/aromatic N) is 6. The lowest BCUT2D eigenvalue weighted by Gasteiger charge is -2.05. The Morgan fingerprint density at radius 3 is 2.61 bits per heavy atom. The average molecular weight is 324 g/mol. The zero-order chi connectivity index (χ0) is 15.8. The predicted molar refractivity (Wildman–Crippen MR) is 84.4 cm³/mol. The Balaban J connectivity index is 1.97. The third-order valence-corrected chi connectivity index (χ3v) is 3.84. The van der Waals surface area contributed by atoms with Gasteiger partial charge in [0.15, 0.2) is 5.82 Å². The van der Waals surface area contributed by atoms with Gasteiger partial charge in [-0.05, 0) is 12.1 Å². The molecule has 4 rings (SSSR count). The van der Waals surface area contributed by atoms with Crippen LogP contribution in [0.25, 0.3) is 28.5 Å². The molecule has 3 aromatic heterocycles. The smallest absolute Gasteiger partial charge is 0.259 e. The van der Waals surface area contributed by atoms with Gasteiger partial charge in [0.1, 0.15) is 18.1 Å². The summed E-state index contributed by atoms with van der Waals surface area (Å²) in [6, 6.07) is 7.55. The normalized spacial score (nSPS) is 11.0. The molecule has 0 unspecified atom stereocenters. The van der Waals surface area contributed by atoms with Gasteiger partial charge in [-0.1, -0.05) is 12.1 Å². The van der Waals surface area contributed by atoms with E-state index in [1.54, 1.807) is 10.1 Å². The zero-order valence-corrected chi connectivity index (χ0v) is 12.3. The Morgan fingerprint density at radius 2 is 1.91 bits per heavy atom. The van der Waals surface area contributed by atoms with Gasteiger partial charge >= 0.3 is 5.69 Å². The lowest BCUT2D eigenvalue weighted by Crippen LogP contribution is -2.04. The molecule has 0 aliphatic carbocycles. The number of benzene rings is 1. The minimum atomic E-state index is -0.531. The first-order chi connectivity index (χ1) is 11.2. The van der Waals surface area contributed by atoms with Crippen LogP contribution in [0.4, 0.5) is 5.69 Å². The van der Waals surface area contributed by atoms with Crippen molar-refractivity contribution >= 4 is 28.1 Å². The van der Waals surface area contributed by atoms with Crippen molar-refractivity contribution in [2.24, 2.45) is 0 Å². The van der Waals surface area contributed by atoms with Crippen LogP contribution < -0.4 is 0 Å². The standard InChI is InChI=1S/C14H8N6O2S/c21-20(22)9-5-15-14(16-6-9)19-12-4-2-1-3-10(12)18-13(19)11-7-23-8-17-11/h1-8H. The van der Waals surface area contributed by atoms with Gasteiger partial charge in [0, 0.05) is 5.38 Å². The first-order valence-corrected chi connectivity index (χ1v) is 7.51. The van der Waals surface area contributed by atoms with Gasteiger partial charge in [0.2, 0.25) is 5.95 Å². The van der Waals surface area contributed by atoms with E-state index in [1.165, 1.54) is 23.7 Å². The van der Waals surface area contributed by atoms with Crippen molar-refractivity contribution in [1.29, 1.82) is 0 Å². The van der Waals surface area contributed by atoms with E-state index >= 15 is 0 Å². The minimum Gasteiger partial charge on any atom is -0.259 e. The van der Waals surface area contributed by atoms with Gasteiger partial charge in [0.05, 0.1) is 21.5 Å². The van der Waals surface area contributed by atoms with Crippen molar-refractivity contribution < 1.29 is 4.92 Å². The maximum Gasteiger partial charge on any atom is 0.305 e. The van der Waals surface area contributed by atoms with Gasteiger partial charge in [-0.15, -0.1) is 11.3 Å². The van der Waals surface area contributed by atoms with E-state index in [4.69, 9.17) is 0 Å². The number of hydrogen-bond acceptors (Lipinski definition) is 7. The molecule has 0 spiro atoms. The van der Waals surface area contributed by atoms with Crippen LogP contribution in [0.2, 0.25) is 0 Å². The number of rotatable bonds is 3. The summed E-state index contributed by atoms with van der Waals surface area (Å²) in [5.41, 5.74) is 3.85. The molecule has 0 saturated carbocycles. The Bertz CT molecular complexity index is 994. The summed E-state index contributed by atoms with van der Waals surface area (Å²) in [6.07, 6.45) is 2.36. The molecular weight excluding hydrogens is 316 g/mol. The second-order valence-corrected chi connectivity index (χ2v) is 5.35. The van der Waals surface area contributed by atoms with E-state index < -0.39 is 4.92 Å². The third-order valence-electron chi connectivity index (χ3n) is 3.26. The molecule has 0 aliphatic heterocycles. The molecule has 0 saturated heterocycles. The molecular formula is C14H8N6O2S. The lowest BCUT2D eigenvalue weighted by atomic mass is 10.3. The monoisotopic (exact) mass is 324 g/mol. The van der Waals surface area contributed by atoms with Crippen molar-refractivity contribution in [3.63, 3.8) is 0 Å². The second-order valence-electron chi connectivity index (χ2n) is 4.63. The molecule has 0 aliphatic rings. The summed E-state index contributed by atoms with van der Waals surface area (Å²) in [5, 5.41) is 12.6. The Kier molecular flexibility index (Phi) is 3.05. The van der Waals surface area contributed by atoms with Crippen LogP contribution in [0.15, 0.2) is 47.5 Å². The van der Waals surface area contributed by atoms with Crippen LogP contribution in [-0.2, 0) is 0 Å². The summed E-state index contributed by atoms with van der Waals surface area (Å²) in [6.45, 7) is 0. The van der Waals surface area contributed by atoms with Crippen molar-refractivity contribution in [1.82, 2.24) is 24.5 Å². The molecule has 112 valence electrons. The Hall–Kier alpha value is -3.20. The zero-order valence-electron chi connectivity index (χ0n) is 11.5. The Morgan fingerprint density at radius 1 is 1.13 bits per heavy atom. The van der Waals surface area contributed by atoms with Crippen LogP contribution >= 0.6 is 11.3 Å². The molecule has 0 amide bonds. The molecule has 4 aromatic rings. The van der Waals surface area contributed by atoms with E-state index in [9.17, 15) is 10.1 Å². The number of fused-ring (bicyclic) bond motifs is 1. The number of thiazole rings is 1. The van der Waals surface area contributed by atoms with E-state index in [0.717, 1.165) is 11.0 Å². The van der Waals surface area contributed by atoms with E-state index in [2.05, 4.69) is 19.9 Å². The van der Waals surface area contributed by atoms with Crippen LogP contribution in [-0.4, -0.2) is 29.4 Å². The predicted octanol–water partition coefficient (Wildman–Crippen LogP) is 2.85. The largest absolute Gasteiger partial charge is 0.305 e. The summed E-state index contributed by atoms with van der Waals surface area (Å²) < 4.78 is 1.74. The van der Waals surface area contributed by atoms with Crippen LogP contribution in [0.5, 0.6) is 0 Å². The fraction of sp³-hybridized carbons (Fsp3) is 0. The molecule has 8 nitrogen and oxygen atoms in total. The molecule has 0 radical (unpaired) electrons. The number of hydrogen-bond donors (Lipinski definition) is 0. The first-order valence-electron chi connectivity index (χ1n) is 6.57. The summed E-state index contributed by atoms with van der Waals surface area (Å²) >= 11 is 1.46.